The van der Waals surface area contributed by atoms with E-state index in [1.807, 2.05) is 12.1 Å². The van der Waals surface area contributed by atoms with Gasteiger partial charge in [-0.25, -0.2) is 0 Å². The average Bonchev–Trinajstić information content (AvgIpc) is 2.92. The number of hydrogen-bond donors (Lipinski definition) is 1. The zero-order valence-electron chi connectivity index (χ0n) is 14.0. The van der Waals surface area contributed by atoms with Crippen molar-refractivity contribution in [2.45, 2.75) is 45.4 Å². The highest BCUT2D eigenvalue weighted by atomic mass is 16.2. The van der Waals surface area contributed by atoms with Crippen LogP contribution in [0.2, 0.25) is 0 Å². The second kappa shape index (κ2) is 6.45. The van der Waals surface area contributed by atoms with E-state index in [0.29, 0.717) is 5.41 Å². The van der Waals surface area contributed by atoms with Crippen molar-refractivity contribution < 1.29 is 4.79 Å². The third-order valence-electron chi connectivity index (χ3n) is 5.74. The van der Waals surface area contributed by atoms with Crippen molar-refractivity contribution in [2.24, 2.45) is 5.41 Å². The number of rotatable bonds is 2. The Morgan fingerprint density at radius 1 is 1.14 bits per heavy atom. The van der Waals surface area contributed by atoms with E-state index in [-0.39, 0.29) is 5.91 Å². The van der Waals surface area contributed by atoms with E-state index in [2.05, 4.69) is 28.8 Å². The Balaban J connectivity index is 1.63. The van der Waals surface area contributed by atoms with Crippen LogP contribution in [0.5, 0.6) is 0 Å². The summed E-state index contributed by atoms with van der Waals surface area (Å²) in [6, 6.07) is 3.97. The lowest BCUT2D eigenvalue weighted by atomic mass is 9.73. The molecule has 0 atom stereocenters. The van der Waals surface area contributed by atoms with E-state index in [9.17, 15) is 4.79 Å². The molecule has 0 aromatic carbocycles. The largest absolute Gasteiger partial charge is 0.354 e. The van der Waals surface area contributed by atoms with Crippen LogP contribution in [-0.2, 0) is 6.42 Å². The number of hydrogen-bond acceptors (Lipinski definition) is 2. The molecule has 4 heteroatoms. The smallest absolute Gasteiger partial charge is 0.270 e. The SMILES string of the molecule is CCc1ccc(C(=O)N2CCCC3(CCN(C)CC3)CC2)[nH]1. The molecule has 22 heavy (non-hydrogen) atoms. The topological polar surface area (TPSA) is 39.3 Å². The van der Waals surface area contributed by atoms with E-state index in [1.165, 1.54) is 38.8 Å². The number of likely N-dealkylation sites (tertiary alicyclic amines) is 2. The fourth-order valence-corrected chi connectivity index (χ4v) is 3.99. The van der Waals surface area contributed by atoms with Crippen LogP contribution in [0.25, 0.3) is 0 Å². The molecule has 0 saturated carbocycles. The summed E-state index contributed by atoms with van der Waals surface area (Å²) in [6.45, 7) is 6.37. The molecular formula is C18H29N3O. The summed E-state index contributed by atoms with van der Waals surface area (Å²) in [5.74, 6) is 0.185. The van der Waals surface area contributed by atoms with E-state index in [1.54, 1.807) is 0 Å². The zero-order chi connectivity index (χ0) is 15.6. The van der Waals surface area contributed by atoms with Gasteiger partial charge in [0.2, 0.25) is 0 Å². The molecule has 2 fully saturated rings. The Labute approximate surface area is 133 Å². The van der Waals surface area contributed by atoms with Gasteiger partial charge in [0.25, 0.3) is 5.91 Å². The van der Waals surface area contributed by atoms with Crippen molar-refractivity contribution >= 4 is 5.91 Å². The van der Waals surface area contributed by atoms with Gasteiger partial charge in [0.1, 0.15) is 5.69 Å². The quantitative estimate of drug-likeness (QED) is 0.912. The molecule has 1 N–H and O–H groups in total. The van der Waals surface area contributed by atoms with Crippen molar-refractivity contribution in [2.75, 3.05) is 33.2 Å². The van der Waals surface area contributed by atoms with Gasteiger partial charge < -0.3 is 14.8 Å². The Kier molecular flexibility index (Phi) is 4.57. The summed E-state index contributed by atoms with van der Waals surface area (Å²) >= 11 is 0. The lowest BCUT2D eigenvalue weighted by molar-refractivity contribution is 0.0729. The van der Waals surface area contributed by atoms with Crippen molar-refractivity contribution in [3.8, 4) is 0 Å². The number of amides is 1. The van der Waals surface area contributed by atoms with Crippen LogP contribution in [0.15, 0.2) is 12.1 Å². The predicted octanol–water partition coefficient (Wildman–Crippen LogP) is 2.92. The van der Waals surface area contributed by atoms with Crippen LogP contribution < -0.4 is 0 Å². The standard InChI is InChI=1S/C18H29N3O/c1-3-15-5-6-16(19-15)17(22)21-11-4-7-18(10-14-21)8-12-20(2)13-9-18/h5-6,19H,3-4,7-14H2,1-2H3. The summed E-state index contributed by atoms with van der Waals surface area (Å²) in [7, 11) is 2.22. The molecular weight excluding hydrogens is 274 g/mol. The highest BCUT2D eigenvalue weighted by molar-refractivity contribution is 5.92. The lowest BCUT2D eigenvalue weighted by Crippen LogP contribution is -2.39. The minimum Gasteiger partial charge on any atom is -0.354 e. The first kappa shape index (κ1) is 15.6. The molecule has 1 spiro atoms. The molecule has 122 valence electrons. The van der Waals surface area contributed by atoms with Gasteiger partial charge in [-0.3, -0.25) is 4.79 Å². The molecule has 3 rings (SSSR count). The summed E-state index contributed by atoms with van der Waals surface area (Å²) in [5, 5.41) is 0. The van der Waals surface area contributed by atoms with Crippen molar-refractivity contribution in [1.82, 2.24) is 14.8 Å². The van der Waals surface area contributed by atoms with E-state index in [0.717, 1.165) is 37.3 Å². The van der Waals surface area contributed by atoms with Gasteiger partial charge in [0.05, 0.1) is 0 Å². The molecule has 0 unspecified atom stereocenters. The van der Waals surface area contributed by atoms with Gasteiger partial charge >= 0.3 is 0 Å². The molecule has 1 aromatic heterocycles. The Morgan fingerprint density at radius 2 is 1.86 bits per heavy atom. The van der Waals surface area contributed by atoms with Gasteiger partial charge in [-0.05, 0) is 76.2 Å². The maximum absolute atomic E-state index is 12.7. The minimum absolute atomic E-state index is 0.185. The Morgan fingerprint density at radius 3 is 2.55 bits per heavy atom. The summed E-state index contributed by atoms with van der Waals surface area (Å²) < 4.78 is 0. The van der Waals surface area contributed by atoms with E-state index >= 15 is 0 Å². The minimum atomic E-state index is 0.185. The number of carbonyl (C=O) groups excluding carboxylic acids is 1. The van der Waals surface area contributed by atoms with Crippen molar-refractivity contribution in [3.05, 3.63) is 23.5 Å². The van der Waals surface area contributed by atoms with Crippen molar-refractivity contribution in [3.63, 3.8) is 0 Å². The number of aryl methyl sites for hydroxylation is 1. The third kappa shape index (κ3) is 3.22. The summed E-state index contributed by atoms with van der Waals surface area (Å²) in [4.78, 5) is 20.5. The van der Waals surface area contributed by atoms with Crippen LogP contribution in [0.3, 0.4) is 0 Å². The first-order valence-electron chi connectivity index (χ1n) is 8.78. The molecule has 1 amide bonds. The van der Waals surface area contributed by atoms with E-state index < -0.39 is 0 Å². The average molecular weight is 303 g/mol. The lowest BCUT2D eigenvalue weighted by Gasteiger charge is -2.40. The van der Waals surface area contributed by atoms with Gasteiger partial charge in [-0.15, -0.1) is 0 Å². The molecule has 4 nitrogen and oxygen atoms in total. The highest BCUT2D eigenvalue weighted by Crippen LogP contribution is 2.41. The molecule has 1 aromatic rings. The van der Waals surface area contributed by atoms with Crippen LogP contribution >= 0.6 is 0 Å². The number of aromatic amines is 1. The molecule has 3 heterocycles. The van der Waals surface area contributed by atoms with E-state index in [4.69, 9.17) is 0 Å². The number of carbonyl (C=O) groups is 1. The normalized spacial score (nSPS) is 22.7. The van der Waals surface area contributed by atoms with Gasteiger partial charge in [-0.2, -0.15) is 0 Å². The monoisotopic (exact) mass is 303 g/mol. The molecule has 0 aliphatic carbocycles. The second-order valence-electron chi connectivity index (χ2n) is 7.20. The van der Waals surface area contributed by atoms with Gasteiger partial charge in [0, 0.05) is 18.8 Å². The van der Waals surface area contributed by atoms with Crippen molar-refractivity contribution in [1.29, 1.82) is 0 Å². The maximum Gasteiger partial charge on any atom is 0.270 e. The fourth-order valence-electron chi connectivity index (χ4n) is 3.99. The van der Waals surface area contributed by atoms with Crippen LogP contribution in [0, 0.1) is 5.41 Å². The Hall–Kier alpha value is -1.29. The Bertz CT molecular complexity index is 514. The molecule has 0 bridgehead atoms. The number of aromatic nitrogens is 1. The third-order valence-corrected chi connectivity index (χ3v) is 5.74. The summed E-state index contributed by atoms with van der Waals surface area (Å²) in [5.41, 5.74) is 2.40. The number of nitrogens with zero attached hydrogens (tertiary/aromatic N) is 2. The first-order chi connectivity index (χ1) is 10.6. The molecule has 2 aliphatic heterocycles. The fraction of sp³-hybridized carbons (Fsp3) is 0.722. The van der Waals surface area contributed by atoms with Crippen LogP contribution in [0.1, 0.15) is 55.2 Å². The van der Waals surface area contributed by atoms with Gasteiger partial charge in [0.15, 0.2) is 0 Å². The van der Waals surface area contributed by atoms with Crippen LogP contribution in [0.4, 0.5) is 0 Å². The van der Waals surface area contributed by atoms with Gasteiger partial charge in [-0.1, -0.05) is 6.92 Å². The molecule has 2 aliphatic rings. The summed E-state index contributed by atoms with van der Waals surface area (Å²) in [6.07, 6.45) is 7.16. The van der Waals surface area contributed by atoms with Crippen LogP contribution in [-0.4, -0.2) is 53.9 Å². The number of piperidine rings is 1. The number of nitrogens with one attached hydrogen (secondary N) is 1. The zero-order valence-corrected chi connectivity index (χ0v) is 14.0. The first-order valence-corrected chi connectivity index (χ1v) is 8.78. The second-order valence-corrected chi connectivity index (χ2v) is 7.20. The highest BCUT2D eigenvalue weighted by Gasteiger charge is 2.36. The maximum atomic E-state index is 12.7. The molecule has 0 radical (unpaired) electrons. The predicted molar refractivity (Wildman–Crippen MR) is 89.1 cm³/mol. The molecule has 2 saturated heterocycles. The number of H-pyrrole nitrogens is 1.